The summed E-state index contributed by atoms with van der Waals surface area (Å²) in [5, 5.41) is 31.7. The molecule has 7 heteroatoms. The van der Waals surface area contributed by atoms with Crippen LogP contribution in [0.4, 0.5) is 0 Å². The summed E-state index contributed by atoms with van der Waals surface area (Å²) in [5.41, 5.74) is -0.542. The summed E-state index contributed by atoms with van der Waals surface area (Å²) in [4.78, 5) is 24.3. The van der Waals surface area contributed by atoms with Crippen molar-refractivity contribution in [1.29, 1.82) is 5.26 Å². The van der Waals surface area contributed by atoms with Crippen molar-refractivity contribution in [1.82, 2.24) is 10.2 Å². The van der Waals surface area contributed by atoms with Gasteiger partial charge in [-0.1, -0.05) is 45.4 Å². The second-order valence-corrected chi connectivity index (χ2v) is 11.5. The SMILES string of the molecule is CCCCCCCCCC(=O)O.N#C[C@@H]1CCCN1C(=O)CNC12CC3CC(CC(O)(C3)C1)C2. The van der Waals surface area contributed by atoms with E-state index in [1.54, 1.807) is 4.90 Å². The van der Waals surface area contributed by atoms with Gasteiger partial charge in [0.05, 0.1) is 18.2 Å². The highest BCUT2D eigenvalue weighted by Gasteiger charge is 2.57. The predicted molar refractivity (Wildman–Crippen MR) is 131 cm³/mol. The van der Waals surface area contributed by atoms with Gasteiger partial charge in [-0.25, -0.2) is 0 Å². The van der Waals surface area contributed by atoms with Crippen LogP contribution in [-0.2, 0) is 9.59 Å². The van der Waals surface area contributed by atoms with Crippen LogP contribution in [0.1, 0.15) is 110 Å². The normalized spacial score (nSPS) is 33.3. The summed E-state index contributed by atoms with van der Waals surface area (Å²) in [6.07, 6.45) is 16.5. The van der Waals surface area contributed by atoms with E-state index in [1.807, 2.05) is 0 Å². The lowest BCUT2D eigenvalue weighted by Crippen LogP contribution is -2.65. The van der Waals surface area contributed by atoms with Gasteiger partial charge in [0.1, 0.15) is 6.04 Å². The number of rotatable bonds is 11. The van der Waals surface area contributed by atoms with Gasteiger partial charge in [-0.3, -0.25) is 9.59 Å². The number of carboxylic acids is 1. The maximum absolute atomic E-state index is 12.4. The number of nitriles is 1. The molecule has 4 aliphatic carbocycles. The number of carboxylic acid groups (broad SMARTS) is 1. The van der Waals surface area contributed by atoms with Crippen LogP contribution in [-0.4, -0.2) is 57.3 Å². The van der Waals surface area contributed by atoms with Crippen molar-refractivity contribution >= 4 is 11.9 Å². The highest BCUT2D eigenvalue weighted by atomic mass is 16.4. The largest absolute Gasteiger partial charge is 0.481 e. The number of hydrogen-bond acceptors (Lipinski definition) is 5. The third-order valence-electron chi connectivity index (χ3n) is 8.36. The first kappa shape index (κ1) is 26.9. The van der Waals surface area contributed by atoms with Crippen molar-refractivity contribution in [3.05, 3.63) is 0 Å². The number of nitrogens with zero attached hydrogens (tertiary/aromatic N) is 2. The Hall–Kier alpha value is -1.65. The van der Waals surface area contributed by atoms with Crippen molar-refractivity contribution in [2.24, 2.45) is 11.8 Å². The molecule has 0 spiro atoms. The molecule has 4 bridgehead atoms. The van der Waals surface area contributed by atoms with E-state index in [0.29, 0.717) is 31.3 Å². The maximum atomic E-state index is 12.4. The molecule has 34 heavy (non-hydrogen) atoms. The lowest BCUT2D eigenvalue weighted by Gasteiger charge is -2.60. The molecule has 0 radical (unpaired) electrons. The maximum Gasteiger partial charge on any atom is 0.303 e. The van der Waals surface area contributed by atoms with Crippen LogP contribution in [0, 0.1) is 23.2 Å². The fourth-order valence-corrected chi connectivity index (χ4v) is 7.22. The predicted octanol–water partition coefficient (Wildman–Crippen LogP) is 4.39. The van der Waals surface area contributed by atoms with Crippen LogP contribution in [0.25, 0.3) is 0 Å². The number of unbranched alkanes of at least 4 members (excludes halogenated alkanes) is 6. The second-order valence-electron chi connectivity index (χ2n) is 11.5. The molecule has 3 N–H and O–H groups in total. The van der Waals surface area contributed by atoms with E-state index < -0.39 is 11.6 Å². The molecule has 0 aromatic heterocycles. The summed E-state index contributed by atoms with van der Waals surface area (Å²) in [5.74, 6) is 0.621. The molecular weight excluding hydrogens is 430 g/mol. The van der Waals surface area contributed by atoms with Gasteiger partial charge in [-0.05, 0) is 69.6 Å². The van der Waals surface area contributed by atoms with Gasteiger partial charge in [0.25, 0.3) is 0 Å². The first-order chi connectivity index (χ1) is 16.3. The summed E-state index contributed by atoms with van der Waals surface area (Å²) >= 11 is 0. The van der Waals surface area contributed by atoms with Gasteiger partial charge < -0.3 is 20.4 Å². The zero-order valence-corrected chi connectivity index (χ0v) is 21.1. The van der Waals surface area contributed by atoms with Gasteiger partial charge in [0.2, 0.25) is 5.91 Å². The number of carbonyl (C=O) groups excluding carboxylic acids is 1. The van der Waals surface area contributed by atoms with Gasteiger partial charge in [0, 0.05) is 18.5 Å². The molecule has 0 aromatic carbocycles. The molecule has 2 unspecified atom stereocenters. The van der Waals surface area contributed by atoms with Crippen molar-refractivity contribution < 1.29 is 19.8 Å². The van der Waals surface area contributed by atoms with Crippen molar-refractivity contribution in [2.45, 2.75) is 127 Å². The van der Waals surface area contributed by atoms with E-state index in [9.17, 15) is 14.7 Å². The van der Waals surface area contributed by atoms with Crippen LogP contribution in [0.2, 0.25) is 0 Å². The average Bonchev–Trinajstić information content (AvgIpc) is 3.25. The third-order valence-corrected chi connectivity index (χ3v) is 8.36. The molecule has 5 rings (SSSR count). The van der Waals surface area contributed by atoms with Crippen LogP contribution in [0.3, 0.4) is 0 Å². The van der Waals surface area contributed by atoms with Crippen LogP contribution in [0.15, 0.2) is 0 Å². The molecule has 3 atom stereocenters. The topological polar surface area (TPSA) is 114 Å². The van der Waals surface area contributed by atoms with Gasteiger partial charge >= 0.3 is 5.97 Å². The van der Waals surface area contributed by atoms with E-state index in [0.717, 1.165) is 57.8 Å². The Morgan fingerprint density at radius 1 is 1.06 bits per heavy atom. The Bertz CT molecular complexity index is 720. The Balaban J connectivity index is 0.000000232. The van der Waals surface area contributed by atoms with Crippen molar-refractivity contribution in [3.63, 3.8) is 0 Å². The Morgan fingerprint density at radius 2 is 1.71 bits per heavy atom. The third kappa shape index (κ3) is 7.42. The zero-order valence-electron chi connectivity index (χ0n) is 21.1. The number of carbonyl (C=O) groups is 2. The molecule has 1 amide bonds. The lowest BCUT2D eigenvalue weighted by atomic mass is 9.51. The number of aliphatic carboxylic acids is 1. The summed E-state index contributed by atoms with van der Waals surface area (Å²) < 4.78 is 0. The van der Waals surface area contributed by atoms with Crippen LogP contribution < -0.4 is 5.32 Å². The number of amides is 1. The summed E-state index contributed by atoms with van der Waals surface area (Å²) in [7, 11) is 0. The van der Waals surface area contributed by atoms with Gasteiger partial charge in [0.15, 0.2) is 0 Å². The zero-order chi connectivity index (χ0) is 24.6. The molecule has 5 fully saturated rings. The Morgan fingerprint density at radius 3 is 2.29 bits per heavy atom. The fourth-order valence-electron chi connectivity index (χ4n) is 7.22. The Kier molecular flexibility index (Phi) is 9.79. The highest BCUT2D eigenvalue weighted by molar-refractivity contribution is 5.79. The summed E-state index contributed by atoms with van der Waals surface area (Å²) in [6, 6.07) is 1.99. The molecule has 1 heterocycles. The fraction of sp³-hybridized carbons (Fsp3) is 0.889. The number of hydrogen-bond donors (Lipinski definition) is 3. The van der Waals surface area contributed by atoms with E-state index in [1.165, 1.54) is 38.5 Å². The molecule has 192 valence electrons. The van der Waals surface area contributed by atoms with Crippen molar-refractivity contribution in [2.75, 3.05) is 13.1 Å². The minimum Gasteiger partial charge on any atom is -0.481 e. The molecule has 7 nitrogen and oxygen atoms in total. The van der Waals surface area contributed by atoms with E-state index in [4.69, 9.17) is 10.4 Å². The van der Waals surface area contributed by atoms with E-state index in [-0.39, 0.29) is 17.5 Å². The Labute approximate surface area is 205 Å². The molecule has 1 aliphatic heterocycles. The molecule has 5 aliphatic rings. The van der Waals surface area contributed by atoms with Crippen LogP contribution >= 0.6 is 0 Å². The van der Waals surface area contributed by atoms with Crippen LogP contribution in [0.5, 0.6) is 0 Å². The lowest BCUT2D eigenvalue weighted by molar-refractivity contribution is -0.147. The van der Waals surface area contributed by atoms with Gasteiger partial charge in [-0.2, -0.15) is 5.26 Å². The number of likely N-dealkylation sites (tertiary alicyclic amines) is 1. The second kappa shape index (κ2) is 12.4. The standard InChI is InChI=1S/C17H25N3O2.C10H20O2/c18-9-14-2-1-3-20(14)15(21)10-19-16-5-12-4-13(6-16)8-17(22,7-12)11-16;1-2-3-4-5-6-7-8-9-10(11)12/h12-14,19,22H,1-8,10-11H2;2-9H2,1H3,(H,11,12)/t12?,13?,14-,16?,17?;/m0./s1. The first-order valence-corrected chi connectivity index (χ1v) is 13.7. The minimum absolute atomic E-state index is 0.0453. The first-order valence-electron chi connectivity index (χ1n) is 13.7. The number of aliphatic hydroxyl groups is 1. The highest BCUT2D eigenvalue weighted by Crippen LogP contribution is 2.57. The average molecular weight is 476 g/mol. The molecule has 4 saturated carbocycles. The monoisotopic (exact) mass is 475 g/mol. The molecular formula is C27H45N3O4. The minimum atomic E-state index is -0.663. The molecule has 1 saturated heterocycles. The van der Waals surface area contributed by atoms with E-state index in [2.05, 4.69) is 18.3 Å². The summed E-state index contributed by atoms with van der Waals surface area (Å²) in [6.45, 7) is 3.22. The van der Waals surface area contributed by atoms with Gasteiger partial charge in [-0.15, -0.1) is 0 Å². The number of nitrogens with one attached hydrogen (secondary N) is 1. The quantitative estimate of drug-likeness (QED) is 0.382. The smallest absolute Gasteiger partial charge is 0.303 e. The van der Waals surface area contributed by atoms with Crippen molar-refractivity contribution in [3.8, 4) is 6.07 Å². The molecule has 0 aromatic rings. The van der Waals surface area contributed by atoms with E-state index >= 15 is 0 Å².